The van der Waals surface area contributed by atoms with Crippen LogP contribution in [0.25, 0.3) is 0 Å². The standard InChI is InChI=1S/C20H29F2N3O3S/c1-29(26,27)25-9-6-20(13-25)4-7-24(8-5-20)15-11-18(23)19(28-12-15)16-10-14(21)2-3-17(16)22/h2-3,10,15,18-19H,4-9,11-13,23H2,1H3/t15-,18+,19-/m1/s1. The molecule has 0 bridgehead atoms. The first-order chi connectivity index (χ1) is 13.7. The summed E-state index contributed by atoms with van der Waals surface area (Å²) in [7, 11) is -3.13. The van der Waals surface area contributed by atoms with Crippen molar-refractivity contribution >= 4 is 10.0 Å². The Hall–Kier alpha value is -1.13. The molecule has 1 spiro atoms. The number of hydrogen-bond acceptors (Lipinski definition) is 5. The summed E-state index contributed by atoms with van der Waals surface area (Å²) in [6.45, 7) is 3.39. The molecule has 162 valence electrons. The van der Waals surface area contributed by atoms with Crippen LogP contribution in [0.15, 0.2) is 18.2 Å². The molecule has 0 aromatic heterocycles. The van der Waals surface area contributed by atoms with E-state index in [1.54, 1.807) is 4.31 Å². The summed E-state index contributed by atoms with van der Waals surface area (Å²) in [5, 5.41) is 0. The molecule has 1 aromatic rings. The predicted octanol–water partition coefficient (Wildman–Crippen LogP) is 1.87. The minimum Gasteiger partial charge on any atom is -0.370 e. The van der Waals surface area contributed by atoms with Crippen LogP contribution >= 0.6 is 0 Å². The van der Waals surface area contributed by atoms with E-state index in [1.165, 1.54) is 12.3 Å². The highest BCUT2D eigenvalue weighted by Gasteiger charge is 2.45. The van der Waals surface area contributed by atoms with Gasteiger partial charge in [0.15, 0.2) is 0 Å². The first kappa shape index (κ1) is 21.1. The number of hydrogen-bond donors (Lipinski definition) is 1. The Morgan fingerprint density at radius 2 is 1.86 bits per heavy atom. The fraction of sp³-hybridized carbons (Fsp3) is 0.700. The summed E-state index contributed by atoms with van der Waals surface area (Å²) in [6, 6.07) is 3.10. The number of nitrogens with two attached hydrogens (primary N) is 1. The molecule has 3 aliphatic heterocycles. The van der Waals surface area contributed by atoms with Crippen LogP contribution in [-0.4, -0.2) is 68.7 Å². The summed E-state index contributed by atoms with van der Waals surface area (Å²) in [4.78, 5) is 2.35. The molecule has 1 aromatic carbocycles. The van der Waals surface area contributed by atoms with Gasteiger partial charge in [-0.1, -0.05) is 0 Å². The molecule has 3 aliphatic rings. The number of sulfonamides is 1. The molecule has 4 rings (SSSR count). The van der Waals surface area contributed by atoms with Crippen LogP contribution in [0.2, 0.25) is 0 Å². The molecular weight excluding hydrogens is 400 g/mol. The fourth-order valence-corrected chi connectivity index (χ4v) is 6.03. The SMILES string of the molecule is CS(=O)(=O)N1CCC2(CCN([C@H]3CO[C@H](c4cc(F)ccc4F)[C@@H](N)C3)CC2)C1. The quantitative estimate of drug-likeness (QED) is 0.794. The van der Waals surface area contributed by atoms with Gasteiger partial charge in [0.25, 0.3) is 0 Å². The minimum absolute atomic E-state index is 0.0739. The number of nitrogens with zero attached hydrogens (tertiary/aromatic N) is 2. The van der Waals surface area contributed by atoms with Gasteiger partial charge >= 0.3 is 0 Å². The summed E-state index contributed by atoms with van der Waals surface area (Å²) >= 11 is 0. The van der Waals surface area contributed by atoms with Gasteiger partial charge in [0.2, 0.25) is 10.0 Å². The molecule has 0 amide bonds. The maximum atomic E-state index is 14.1. The zero-order valence-corrected chi connectivity index (χ0v) is 17.5. The normalized spacial score (nSPS) is 31.4. The average Bonchev–Trinajstić information content (AvgIpc) is 3.09. The number of ether oxygens (including phenoxy) is 1. The van der Waals surface area contributed by atoms with Crippen molar-refractivity contribution in [3.63, 3.8) is 0 Å². The van der Waals surface area contributed by atoms with Gasteiger partial charge in [-0.05, 0) is 62.4 Å². The zero-order valence-electron chi connectivity index (χ0n) is 16.7. The fourth-order valence-electron chi connectivity index (χ4n) is 5.10. The van der Waals surface area contributed by atoms with Crippen LogP contribution in [0.5, 0.6) is 0 Å². The third kappa shape index (κ3) is 4.34. The Morgan fingerprint density at radius 1 is 1.17 bits per heavy atom. The summed E-state index contributed by atoms with van der Waals surface area (Å²) in [5.41, 5.74) is 6.55. The van der Waals surface area contributed by atoms with Crippen molar-refractivity contribution in [1.29, 1.82) is 0 Å². The lowest BCUT2D eigenvalue weighted by Gasteiger charge is -2.45. The maximum absolute atomic E-state index is 14.1. The lowest BCUT2D eigenvalue weighted by molar-refractivity contribution is -0.0626. The van der Waals surface area contributed by atoms with Crippen LogP contribution in [0.1, 0.15) is 37.4 Å². The molecule has 3 saturated heterocycles. The highest BCUT2D eigenvalue weighted by molar-refractivity contribution is 7.88. The minimum atomic E-state index is -3.13. The van der Waals surface area contributed by atoms with Crippen molar-refractivity contribution in [2.24, 2.45) is 11.1 Å². The van der Waals surface area contributed by atoms with Crippen molar-refractivity contribution in [3.8, 4) is 0 Å². The first-order valence-electron chi connectivity index (χ1n) is 10.2. The lowest BCUT2D eigenvalue weighted by atomic mass is 9.77. The Balaban J connectivity index is 1.35. The van der Waals surface area contributed by atoms with Crippen molar-refractivity contribution in [1.82, 2.24) is 9.21 Å². The van der Waals surface area contributed by atoms with Gasteiger partial charge in [-0.15, -0.1) is 0 Å². The molecule has 0 unspecified atom stereocenters. The molecule has 0 saturated carbocycles. The van der Waals surface area contributed by atoms with Crippen LogP contribution < -0.4 is 5.73 Å². The maximum Gasteiger partial charge on any atom is 0.211 e. The Bertz CT molecular complexity index is 859. The van der Waals surface area contributed by atoms with E-state index in [-0.39, 0.29) is 17.0 Å². The molecule has 3 heterocycles. The van der Waals surface area contributed by atoms with Crippen molar-refractivity contribution in [3.05, 3.63) is 35.4 Å². The van der Waals surface area contributed by atoms with Gasteiger partial charge in [0, 0.05) is 30.7 Å². The van der Waals surface area contributed by atoms with E-state index < -0.39 is 33.8 Å². The van der Waals surface area contributed by atoms with Crippen molar-refractivity contribution in [2.75, 3.05) is 39.0 Å². The third-order valence-electron chi connectivity index (χ3n) is 6.91. The highest BCUT2D eigenvalue weighted by atomic mass is 32.2. The van der Waals surface area contributed by atoms with Gasteiger partial charge in [0.1, 0.15) is 17.7 Å². The van der Waals surface area contributed by atoms with E-state index in [0.717, 1.165) is 44.5 Å². The predicted molar refractivity (Wildman–Crippen MR) is 106 cm³/mol. The molecule has 6 nitrogen and oxygen atoms in total. The second-order valence-corrected chi connectivity index (χ2v) is 10.8. The van der Waals surface area contributed by atoms with Crippen LogP contribution in [0.3, 0.4) is 0 Å². The monoisotopic (exact) mass is 429 g/mol. The Labute approximate surface area is 171 Å². The van der Waals surface area contributed by atoms with Gasteiger partial charge < -0.3 is 10.5 Å². The molecule has 0 radical (unpaired) electrons. The number of rotatable bonds is 3. The molecular formula is C20H29F2N3O3S. The van der Waals surface area contributed by atoms with Gasteiger partial charge in [-0.2, -0.15) is 0 Å². The van der Waals surface area contributed by atoms with E-state index in [1.807, 2.05) is 0 Å². The highest BCUT2D eigenvalue weighted by Crippen LogP contribution is 2.42. The van der Waals surface area contributed by atoms with Gasteiger partial charge in [0.05, 0.1) is 12.9 Å². The van der Waals surface area contributed by atoms with Crippen molar-refractivity contribution in [2.45, 2.75) is 43.9 Å². The third-order valence-corrected chi connectivity index (χ3v) is 8.16. The first-order valence-corrected chi connectivity index (χ1v) is 12.0. The van der Waals surface area contributed by atoms with Crippen LogP contribution in [-0.2, 0) is 14.8 Å². The second kappa shape index (κ2) is 7.85. The van der Waals surface area contributed by atoms with Gasteiger partial charge in [-0.3, -0.25) is 4.90 Å². The molecule has 2 N–H and O–H groups in total. The van der Waals surface area contributed by atoms with E-state index >= 15 is 0 Å². The average molecular weight is 430 g/mol. The summed E-state index contributed by atoms with van der Waals surface area (Å²) < 4.78 is 58.8. The van der Waals surface area contributed by atoms with Crippen LogP contribution in [0.4, 0.5) is 8.78 Å². The summed E-state index contributed by atoms with van der Waals surface area (Å²) in [5.74, 6) is -0.998. The topological polar surface area (TPSA) is 75.9 Å². The Kier molecular flexibility index (Phi) is 5.71. The molecule has 0 aliphatic carbocycles. The Morgan fingerprint density at radius 3 is 2.48 bits per heavy atom. The van der Waals surface area contributed by atoms with Crippen LogP contribution in [0, 0.1) is 17.0 Å². The number of halogens is 2. The largest absolute Gasteiger partial charge is 0.370 e. The van der Waals surface area contributed by atoms with Gasteiger partial charge in [-0.25, -0.2) is 21.5 Å². The lowest BCUT2D eigenvalue weighted by Crippen LogP contribution is -2.53. The second-order valence-electron chi connectivity index (χ2n) is 8.86. The smallest absolute Gasteiger partial charge is 0.211 e. The molecule has 29 heavy (non-hydrogen) atoms. The van der Waals surface area contributed by atoms with E-state index in [0.29, 0.717) is 26.1 Å². The van der Waals surface area contributed by atoms with E-state index in [4.69, 9.17) is 10.5 Å². The van der Waals surface area contributed by atoms with Crippen molar-refractivity contribution < 1.29 is 21.9 Å². The van der Waals surface area contributed by atoms with E-state index in [9.17, 15) is 17.2 Å². The molecule has 9 heteroatoms. The number of piperidine rings is 1. The molecule has 3 fully saturated rings. The summed E-state index contributed by atoms with van der Waals surface area (Å²) in [6.07, 6.45) is 4.11. The van der Waals surface area contributed by atoms with E-state index in [2.05, 4.69) is 4.90 Å². The number of likely N-dealkylation sites (tertiary alicyclic amines) is 1. The molecule has 3 atom stereocenters. The number of benzene rings is 1. The zero-order chi connectivity index (χ0) is 20.8.